The Labute approximate surface area is 118 Å². The van der Waals surface area contributed by atoms with Gasteiger partial charge in [0.1, 0.15) is 24.1 Å². The molecule has 110 valence electrons. The Kier molecular flexibility index (Phi) is 2.42. The number of aliphatic hydroxyl groups is 2. The average molecular weight is 292 g/mol. The van der Waals surface area contributed by atoms with Crippen LogP contribution in [0.25, 0.3) is 0 Å². The molecule has 4 heterocycles. The summed E-state index contributed by atoms with van der Waals surface area (Å²) in [6, 6.07) is 2.64. The van der Waals surface area contributed by atoms with Crippen LogP contribution in [0, 0.1) is 0 Å². The minimum absolute atomic E-state index is 0.0200. The van der Waals surface area contributed by atoms with Gasteiger partial charge in [-0.3, -0.25) is 23.9 Å². The predicted molar refractivity (Wildman–Crippen MR) is 67.8 cm³/mol. The third kappa shape index (κ3) is 1.52. The molecule has 1 saturated heterocycles. The van der Waals surface area contributed by atoms with Gasteiger partial charge in [0.05, 0.1) is 18.5 Å². The third-order valence-electron chi connectivity index (χ3n) is 4.22. The fourth-order valence-electron chi connectivity index (χ4n) is 3.19. The average Bonchev–Trinajstić information content (AvgIpc) is 2.63. The van der Waals surface area contributed by atoms with Gasteiger partial charge in [-0.05, 0) is 6.07 Å². The number of aliphatic hydroxyl groups excluding tert-OH is 2. The summed E-state index contributed by atoms with van der Waals surface area (Å²) < 4.78 is 6.77. The number of carbonyl (C=O) groups excluding carboxylic acids is 2. The van der Waals surface area contributed by atoms with E-state index < -0.39 is 30.4 Å². The van der Waals surface area contributed by atoms with Gasteiger partial charge in [-0.2, -0.15) is 0 Å². The molecule has 0 saturated carbocycles. The number of rotatable bonds is 0. The minimum Gasteiger partial charge on any atom is -0.387 e. The van der Waals surface area contributed by atoms with Crippen LogP contribution in [0.5, 0.6) is 0 Å². The Hall–Kier alpha value is -2.03. The lowest BCUT2D eigenvalue weighted by atomic mass is 10.00. The van der Waals surface area contributed by atoms with E-state index in [-0.39, 0.29) is 35.7 Å². The SMILES string of the molecule is O=C1CC(=O)N2c3c1ccc(=O)n3CC1OC2C(O)[C@@H]1O. The van der Waals surface area contributed by atoms with Crippen molar-refractivity contribution in [1.29, 1.82) is 0 Å². The van der Waals surface area contributed by atoms with Crippen molar-refractivity contribution >= 4 is 17.5 Å². The summed E-state index contributed by atoms with van der Waals surface area (Å²) >= 11 is 0. The van der Waals surface area contributed by atoms with Crippen molar-refractivity contribution in [2.24, 2.45) is 0 Å². The molecule has 3 aliphatic rings. The number of nitrogens with zero attached hydrogens (tertiary/aromatic N) is 2. The normalized spacial score (nSPS) is 33.9. The van der Waals surface area contributed by atoms with Crippen LogP contribution >= 0.6 is 0 Å². The highest BCUT2D eigenvalue weighted by molar-refractivity contribution is 6.19. The van der Waals surface area contributed by atoms with Crippen LogP contribution < -0.4 is 10.5 Å². The first-order valence-electron chi connectivity index (χ1n) is 6.60. The Bertz CT molecular complexity index is 726. The maximum Gasteiger partial charge on any atom is 0.252 e. The molecule has 0 radical (unpaired) electrons. The fraction of sp³-hybridized carbons (Fsp3) is 0.462. The number of pyridine rings is 1. The van der Waals surface area contributed by atoms with E-state index in [9.17, 15) is 24.6 Å². The number of aromatic nitrogens is 1. The third-order valence-corrected chi connectivity index (χ3v) is 4.22. The van der Waals surface area contributed by atoms with Gasteiger partial charge < -0.3 is 14.9 Å². The van der Waals surface area contributed by atoms with Gasteiger partial charge in [0.15, 0.2) is 12.0 Å². The van der Waals surface area contributed by atoms with Crippen LogP contribution in [-0.4, -0.2) is 51.0 Å². The molecular weight excluding hydrogens is 280 g/mol. The second-order valence-electron chi connectivity index (χ2n) is 5.43. The first kappa shape index (κ1) is 12.7. The number of hydrogen-bond acceptors (Lipinski definition) is 6. The van der Waals surface area contributed by atoms with Crippen molar-refractivity contribution in [2.75, 3.05) is 4.90 Å². The molecule has 21 heavy (non-hydrogen) atoms. The van der Waals surface area contributed by atoms with Crippen LogP contribution in [0.1, 0.15) is 16.8 Å². The summed E-state index contributed by atoms with van der Waals surface area (Å²) in [5, 5.41) is 20.0. The van der Waals surface area contributed by atoms with Crippen molar-refractivity contribution in [3.05, 3.63) is 28.0 Å². The molecule has 4 rings (SSSR count). The molecule has 2 bridgehead atoms. The first-order chi connectivity index (χ1) is 9.99. The number of anilines is 1. The number of ether oxygens (including phenoxy) is 1. The highest BCUT2D eigenvalue weighted by Gasteiger charge is 2.52. The van der Waals surface area contributed by atoms with Crippen molar-refractivity contribution in [3.8, 4) is 0 Å². The number of Topliss-reactive ketones (excluding diaryl/α,β-unsaturated/α-hetero) is 1. The van der Waals surface area contributed by atoms with E-state index in [1.807, 2.05) is 0 Å². The summed E-state index contributed by atoms with van der Waals surface area (Å²) in [6.07, 6.45) is -4.70. The summed E-state index contributed by atoms with van der Waals surface area (Å²) in [4.78, 5) is 37.4. The maximum atomic E-state index is 12.2. The first-order valence-corrected chi connectivity index (χ1v) is 6.60. The standard InChI is InChI=1S/C13H12N2O6/c16-6-3-9(18)15-12-5(6)1-2-8(17)14(12)4-7-10(19)11(20)13(15)21-7/h1-2,7,10-11,13,19-20H,3-4H2/t7?,10-,11?,13?/m1/s1. The summed E-state index contributed by atoms with van der Waals surface area (Å²) in [5.41, 5.74) is -0.133. The quantitative estimate of drug-likeness (QED) is 0.548. The molecule has 1 aromatic heterocycles. The zero-order valence-electron chi connectivity index (χ0n) is 10.8. The topological polar surface area (TPSA) is 109 Å². The molecule has 1 aromatic rings. The number of fused-ring (bicyclic) bond motifs is 3. The summed E-state index contributed by atoms with van der Waals surface area (Å²) in [7, 11) is 0. The molecule has 3 unspecified atom stereocenters. The molecule has 2 N–H and O–H groups in total. The van der Waals surface area contributed by atoms with E-state index in [0.29, 0.717) is 0 Å². The monoisotopic (exact) mass is 292 g/mol. The Morgan fingerprint density at radius 1 is 1.14 bits per heavy atom. The summed E-state index contributed by atoms with van der Waals surface area (Å²) in [6.45, 7) is -0.0200. The molecule has 8 heteroatoms. The minimum atomic E-state index is -1.27. The lowest BCUT2D eigenvalue weighted by Gasteiger charge is -2.34. The second kappa shape index (κ2) is 4.00. The van der Waals surface area contributed by atoms with E-state index >= 15 is 0 Å². The van der Waals surface area contributed by atoms with Gasteiger partial charge in [-0.1, -0.05) is 0 Å². The van der Waals surface area contributed by atoms with E-state index in [2.05, 4.69) is 0 Å². The van der Waals surface area contributed by atoms with E-state index in [1.165, 1.54) is 16.7 Å². The Morgan fingerprint density at radius 3 is 2.67 bits per heavy atom. The molecule has 0 aromatic carbocycles. The van der Waals surface area contributed by atoms with Crippen molar-refractivity contribution in [3.63, 3.8) is 0 Å². The number of carbonyl (C=O) groups is 2. The van der Waals surface area contributed by atoms with Gasteiger partial charge in [-0.15, -0.1) is 0 Å². The van der Waals surface area contributed by atoms with Gasteiger partial charge >= 0.3 is 0 Å². The van der Waals surface area contributed by atoms with Crippen LogP contribution in [0.4, 0.5) is 5.82 Å². The number of amides is 1. The second-order valence-corrected chi connectivity index (χ2v) is 5.43. The fourth-order valence-corrected chi connectivity index (χ4v) is 3.19. The largest absolute Gasteiger partial charge is 0.387 e. The van der Waals surface area contributed by atoms with Crippen LogP contribution in [0.15, 0.2) is 16.9 Å². The Balaban J connectivity index is 2.02. The Morgan fingerprint density at radius 2 is 1.90 bits per heavy atom. The van der Waals surface area contributed by atoms with Gasteiger partial charge in [0.25, 0.3) is 5.56 Å². The van der Waals surface area contributed by atoms with E-state index in [0.717, 1.165) is 4.90 Å². The lowest BCUT2D eigenvalue weighted by Crippen LogP contribution is -2.53. The highest BCUT2D eigenvalue weighted by atomic mass is 16.6. The molecule has 0 aliphatic carbocycles. The molecule has 8 nitrogen and oxygen atoms in total. The zero-order chi connectivity index (χ0) is 14.9. The van der Waals surface area contributed by atoms with Gasteiger partial charge in [0, 0.05) is 6.07 Å². The van der Waals surface area contributed by atoms with Crippen LogP contribution in [0.2, 0.25) is 0 Å². The van der Waals surface area contributed by atoms with Crippen molar-refractivity contribution in [1.82, 2.24) is 4.57 Å². The predicted octanol–water partition coefficient (Wildman–Crippen LogP) is -1.77. The molecule has 0 spiro atoms. The summed E-state index contributed by atoms with van der Waals surface area (Å²) in [5.74, 6) is -0.763. The molecule has 3 aliphatic heterocycles. The van der Waals surface area contributed by atoms with Crippen LogP contribution in [-0.2, 0) is 16.1 Å². The molecule has 1 fully saturated rings. The highest BCUT2D eigenvalue weighted by Crippen LogP contribution is 2.37. The lowest BCUT2D eigenvalue weighted by molar-refractivity contribution is -0.121. The van der Waals surface area contributed by atoms with Gasteiger partial charge in [-0.25, -0.2) is 0 Å². The number of ketones is 1. The smallest absolute Gasteiger partial charge is 0.252 e. The molecular formula is C13H12N2O6. The van der Waals surface area contributed by atoms with Crippen molar-refractivity contribution < 1.29 is 24.5 Å². The van der Waals surface area contributed by atoms with Gasteiger partial charge in [0.2, 0.25) is 5.91 Å². The van der Waals surface area contributed by atoms with E-state index in [1.54, 1.807) is 0 Å². The zero-order valence-corrected chi connectivity index (χ0v) is 10.8. The van der Waals surface area contributed by atoms with E-state index in [4.69, 9.17) is 4.74 Å². The van der Waals surface area contributed by atoms with Crippen LogP contribution in [0.3, 0.4) is 0 Å². The molecule has 4 atom stereocenters. The number of hydrogen-bond donors (Lipinski definition) is 2. The maximum absolute atomic E-state index is 12.2. The van der Waals surface area contributed by atoms with Crippen molar-refractivity contribution in [2.45, 2.75) is 37.5 Å². The molecule has 1 amide bonds.